The second kappa shape index (κ2) is 7.26. The van der Waals surface area contributed by atoms with Gasteiger partial charge in [0.05, 0.1) is 0 Å². The molecule has 5 rings (SSSR count). The van der Waals surface area contributed by atoms with Gasteiger partial charge in [-0.1, -0.05) is 12.1 Å². The number of hydrogen-bond donors (Lipinski definition) is 1. The third kappa shape index (κ3) is 3.82. The molecule has 0 heterocycles. The summed E-state index contributed by atoms with van der Waals surface area (Å²) in [6.07, 6.45) is 7.50. The van der Waals surface area contributed by atoms with Crippen molar-refractivity contribution in [1.29, 1.82) is 0 Å². The number of alkyl halides is 2. The average Bonchev–Trinajstić information content (AvgIpc) is 2.64. The summed E-state index contributed by atoms with van der Waals surface area (Å²) in [5.41, 5.74) is 1.38. The molecule has 1 N–H and O–H groups in total. The SMILES string of the molecule is O=C(COC(=O)C(F)(F)S(=O)(=O)O)Oc1ccc(C23CC4CC(CC(C4)C2)C3)cc1. The van der Waals surface area contributed by atoms with Crippen molar-refractivity contribution in [2.24, 2.45) is 17.8 Å². The smallest absolute Gasteiger partial charge is 0.448 e. The lowest BCUT2D eigenvalue weighted by atomic mass is 9.48. The van der Waals surface area contributed by atoms with Crippen LogP contribution >= 0.6 is 0 Å². The van der Waals surface area contributed by atoms with Gasteiger partial charge in [0.15, 0.2) is 6.61 Å². The van der Waals surface area contributed by atoms with Crippen LogP contribution in [0.15, 0.2) is 24.3 Å². The molecule has 30 heavy (non-hydrogen) atoms. The van der Waals surface area contributed by atoms with Gasteiger partial charge >= 0.3 is 27.3 Å². The van der Waals surface area contributed by atoms with Gasteiger partial charge in [0.25, 0.3) is 0 Å². The first-order valence-electron chi connectivity index (χ1n) is 9.82. The summed E-state index contributed by atoms with van der Waals surface area (Å²) in [4.78, 5) is 22.8. The van der Waals surface area contributed by atoms with E-state index in [2.05, 4.69) is 4.74 Å². The second-order valence-electron chi connectivity index (χ2n) is 8.76. The van der Waals surface area contributed by atoms with E-state index in [1.165, 1.54) is 44.1 Å². The van der Waals surface area contributed by atoms with Crippen molar-refractivity contribution in [2.75, 3.05) is 6.61 Å². The van der Waals surface area contributed by atoms with E-state index in [0.717, 1.165) is 17.8 Å². The third-order valence-corrected chi connectivity index (χ3v) is 7.43. The molecule has 0 aromatic heterocycles. The van der Waals surface area contributed by atoms with Crippen LogP contribution < -0.4 is 4.74 Å². The third-order valence-electron chi connectivity index (χ3n) is 6.62. The van der Waals surface area contributed by atoms with E-state index in [1.54, 1.807) is 12.1 Å². The van der Waals surface area contributed by atoms with Crippen LogP contribution in [-0.4, -0.2) is 36.8 Å². The van der Waals surface area contributed by atoms with Crippen molar-refractivity contribution in [2.45, 2.75) is 49.2 Å². The minimum Gasteiger partial charge on any atom is -0.448 e. The summed E-state index contributed by atoms with van der Waals surface area (Å²) in [6.45, 7) is -1.22. The molecule has 7 nitrogen and oxygen atoms in total. The van der Waals surface area contributed by atoms with Crippen LogP contribution in [-0.2, 0) is 29.9 Å². The normalized spacial score (nSPS) is 30.2. The van der Waals surface area contributed by atoms with Gasteiger partial charge < -0.3 is 9.47 Å². The van der Waals surface area contributed by atoms with Crippen molar-refractivity contribution in [3.63, 3.8) is 0 Å². The average molecular weight is 444 g/mol. The van der Waals surface area contributed by atoms with Crippen molar-refractivity contribution < 1.29 is 40.8 Å². The van der Waals surface area contributed by atoms with Crippen LogP contribution in [0.5, 0.6) is 5.75 Å². The molecule has 4 bridgehead atoms. The highest BCUT2D eigenvalue weighted by Crippen LogP contribution is 2.60. The lowest BCUT2D eigenvalue weighted by molar-refractivity contribution is -0.166. The molecule has 1 aromatic carbocycles. The Balaban J connectivity index is 1.35. The minimum atomic E-state index is -5.99. The maximum absolute atomic E-state index is 13.1. The zero-order chi connectivity index (χ0) is 21.7. The zero-order valence-corrected chi connectivity index (χ0v) is 16.9. The fourth-order valence-electron chi connectivity index (χ4n) is 5.82. The van der Waals surface area contributed by atoms with Gasteiger partial charge in [-0.3, -0.25) is 4.55 Å². The predicted molar refractivity (Wildman–Crippen MR) is 99.4 cm³/mol. The van der Waals surface area contributed by atoms with Crippen LogP contribution in [0.4, 0.5) is 8.78 Å². The van der Waals surface area contributed by atoms with Crippen molar-refractivity contribution in [1.82, 2.24) is 0 Å². The molecule has 4 aliphatic rings. The van der Waals surface area contributed by atoms with Gasteiger partial charge in [0.2, 0.25) is 0 Å². The summed E-state index contributed by atoms with van der Waals surface area (Å²) in [5.74, 6) is -1.21. The number of carbonyl (C=O) groups excluding carboxylic acids is 2. The Labute approximate surface area is 172 Å². The van der Waals surface area contributed by atoms with E-state index in [-0.39, 0.29) is 11.2 Å². The van der Waals surface area contributed by atoms with Gasteiger partial charge in [-0.15, -0.1) is 0 Å². The molecule has 10 heteroatoms. The fraction of sp³-hybridized carbons (Fsp3) is 0.600. The molecular weight excluding hydrogens is 422 g/mol. The molecule has 0 atom stereocenters. The molecule has 0 amide bonds. The summed E-state index contributed by atoms with van der Waals surface area (Å²) < 4.78 is 64.4. The quantitative estimate of drug-likeness (QED) is 0.408. The molecule has 0 aliphatic heterocycles. The Morgan fingerprint density at radius 2 is 1.53 bits per heavy atom. The molecule has 0 saturated heterocycles. The second-order valence-corrected chi connectivity index (χ2v) is 10.2. The standard InChI is InChI=1S/C20H22F2O7S/c21-20(22,30(25,26)27)18(24)28-11-17(23)29-16-3-1-15(2-4-16)19-8-12-5-13(9-19)7-14(6-12)10-19/h1-4,12-14H,5-11H2,(H,25,26,27). The fourth-order valence-corrected chi connectivity index (χ4v) is 6.08. The highest BCUT2D eigenvalue weighted by atomic mass is 32.2. The van der Waals surface area contributed by atoms with E-state index in [4.69, 9.17) is 9.29 Å². The van der Waals surface area contributed by atoms with Crippen molar-refractivity contribution in [3.8, 4) is 5.75 Å². The minimum absolute atomic E-state index is 0.158. The summed E-state index contributed by atoms with van der Waals surface area (Å²) >= 11 is 0. The zero-order valence-electron chi connectivity index (χ0n) is 16.1. The molecule has 0 spiro atoms. The molecule has 0 unspecified atom stereocenters. The number of rotatable bonds is 6. The Kier molecular flexibility index (Phi) is 5.13. The monoisotopic (exact) mass is 444 g/mol. The summed E-state index contributed by atoms with van der Waals surface area (Å²) in [6, 6.07) is 7.04. The van der Waals surface area contributed by atoms with E-state index in [0.29, 0.717) is 0 Å². The van der Waals surface area contributed by atoms with E-state index >= 15 is 0 Å². The Morgan fingerprint density at radius 1 is 1.03 bits per heavy atom. The Morgan fingerprint density at radius 3 is 2.00 bits per heavy atom. The van der Waals surface area contributed by atoms with Crippen LogP contribution in [0.2, 0.25) is 0 Å². The first-order valence-corrected chi connectivity index (χ1v) is 11.3. The van der Waals surface area contributed by atoms with E-state index in [1.807, 2.05) is 12.1 Å². The van der Waals surface area contributed by atoms with Crippen LogP contribution in [0.1, 0.15) is 44.1 Å². The first-order chi connectivity index (χ1) is 14.0. The topological polar surface area (TPSA) is 107 Å². The number of benzene rings is 1. The lowest BCUT2D eigenvalue weighted by Crippen LogP contribution is -2.48. The highest BCUT2D eigenvalue weighted by molar-refractivity contribution is 7.87. The largest absolute Gasteiger partial charge is 0.465 e. The number of ether oxygens (including phenoxy) is 2. The first kappa shape index (κ1) is 21.2. The molecule has 164 valence electrons. The summed E-state index contributed by atoms with van der Waals surface area (Å²) in [7, 11) is -5.99. The van der Waals surface area contributed by atoms with Gasteiger partial charge in [-0.25, -0.2) is 9.59 Å². The molecule has 1 aromatic rings. The van der Waals surface area contributed by atoms with Crippen LogP contribution in [0.25, 0.3) is 0 Å². The van der Waals surface area contributed by atoms with E-state index in [9.17, 15) is 26.8 Å². The van der Waals surface area contributed by atoms with E-state index < -0.39 is 33.9 Å². The van der Waals surface area contributed by atoms with Crippen LogP contribution in [0.3, 0.4) is 0 Å². The molecular formula is C20H22F2O7S. The summed E-state index contributed by atoms with van der Waals surface area (Å²) in [5, 5.41) is -5.16. The maximum atomic E-state index is 13.1. The molecule has 0 radical (unpaired) electrons. The van der Waals surface area contributed by atoms with Crippen molar-refractivity contribution in [3.05, 3.63) is 29.8 Å². The highest BCUT2D eigenvalue weighted by Gasteiger charge is 2.54. The van der Waals surface area contributed by atoms with Gasteiger partial charge in [0.1, 0.15) is 5.75 Å². The molecule has 4 aliphatic carbocycles. The number of halogens is 2. The molecule has 4 saturated carbocycles. The van der Waals surface area contributed by atoms with Gasteiger partial charge in [0, 0.05) is 0 Å². The van der Waals surface area contributed by atoms with Gasteiger partial charge in [-0.05, 0) is 79.4 Å². The number of carbonyl (C=O) groups is 2. The van der Waals surface area contributed by atoms with Crippen molar-refractivity contribution >= 4 is 22.1 Å². The van der Waals surface area contributed by atoms with Gasteiger partial charge in [-0.2, -0.15) is 17.2 Å². The predicted octanol–water partition coefficient (Wildman–Crippen LogP) is 3.08. The Bertz CT molecular complexity index is 921. The number of hydrogen-bond acceptors (Lipinski definition) is 6. The molecule has 4 fully saturated rings. The number of esters is 2. The Hall–Kier alpha value is -2.07. The maximum Gasteiger partial charge on any atom is 0.465 e. The van der Waals surface area contributed by atoms with Crippen LogP contribution in [0, 0.1) is 17.8 Å². The lowest BCUT2D eigenvalue weighted by Gasteiger charge is -2.57.